The average molecular weight is 390 g/mol. The number of aryl methyl sites for hydroxylation is 2. The minimum Gasteiger partial charge on any atom is -0.325 e. The van der Waals surface area contributed by atoms with Gasteiger partial charge in [0.05, 0.1) is 17.2 Å². The van der Waals surface area contributed by atoms with E-state index in [4.69, 9.17) is 0 Å². The summed E-state index contributed by atoms with van der Waals surface area (Å²) in [5.41, 5.74) is 1.49. The molecule has 2 aromatic carbocycles. The molecule has 28 heavy (non-hydrogen) atoms. The molecule has 3 rings (SSSR count). The molecular formula is C21H21F3N2O2. The summed E-state index contributed by atoms with van der Waals surface area (Å²) in [7, 11) is 0. The number of nitrogens with one attached hydrogen (secondary N) is 1. The molecule has 1 aliphatic rings. The fourth-order valence-corrected chi connectivity index (χ4v) is 3.49. The Hall–Kier alpha value is -2.83. The maximum atomic E-state index is 13.3. The number of amides is 2. The normalized spacial score (nSPS) is 17.1. The van der Waals surface area contributed by atoms with Gasteiger partial charge < -0.3 is 10.2 Å². The second-order valence-corrected chi connectivity index (χ2v) is 6.87. The summed E-state index contributed by atoms with van der Waals surface area (Å²) in [5.74, 6) is -1.56. The molecule has 1 N–H and O–H groups in total. The summed E-state index contributed by atoms with van der Waals surface area (Å²) in [6.45, 7) is 3.77. The Morgan fingerprint density at radius 2 is 1.89 bits per heavy atom. The van der Waals surface area contributed by atoms with E-state index in [9.17, 15) is 22.8 Å². The first kappa shape index (κ1) is 19.9. The zero-order chi connectivity index (χ0) is 20.5. The number of halogens is 3. The van der Waals surface area contributed by atoms with Crippen LogP contribution >= 0.6 is 0 Å². The molecule has 0 radical (unpaired) electrons. The molecule has 7 heteroatoms. The number of carbonyl (C=O) groups excluding carboxylic acids is 2. The second kappa shape index (κ2) is 7.66. The smallest absolute Gasteiger partial charge is 0.325 e. The summed E-state index contributed by atoms with van der Waals surface area (Å²) in [5, 5.41) is 2.87. The number of alkyl halides is 3. The summed E-state index contributed by atoms with van der Waals surface area (Å²) >= 11 is 0. The second-order valence-electron chi connectivity index (χ2n) is 6.87. The number of benzene rings is 2. The lowest BCUT2D eigenvalue weighted by atomic mass is 10.0. The van der Waals surface area contributed by atoms with Gasteiger partial charge >= 0.3 is 6.18 Å². The third-order valence-electron chi connectivity index (χ3n) is 4.98. The fraction of sp³-hybridized carbons (Fsp3) is 0.333. The van der Waals surface area contributed by atoms with Crippen LogP contribution in [0.15, 0.2) is 42.5 Å². The predicted octanol–water partition coefficient (Wildman–Crippen LogP) is 4.57. The highest BCUT2D eigenvalue weighted by atomic mass is 19.4. The molecule has 1 unspecified atom stereocenters. The molecule has 0 aromatic heterocycles. The van der Waals surface area contributed by atoms with Gasteiger partial charge in [0.1, 0.15) is 0 Å². The van der Waals surface area contributed by atoms with E-state index in [0.717, 1.165) is 28.5 Å². The minimum absolute atomic E-state index is 0.0783. The van der Waals surface area contributed by atoms with Gasteiger partial charge in [-0.25, -0.2) is 0 Å². The van der Waals surface area contributed by atoms with Gasteiger partial charge in [-0.3, -0.25) is 9.59 Å². The van der Waals surface area contributed by atoms with Crippen molar-refractivity contribution in [3.8, 4) is 0 Å². The molecule has 0 bridgehead atoms. The number of nitrogens with zero attached hydrogens (tertiary/aromatic N) is 1. The molecule has 2 aromatic rings. The molecule has 1 aliphatic heterocycles. The van der Waals surface area contributed by atoms with Gasteiger partial charge in [-0.05, 0) is 36.6 Å². The largest absolute Gasteiger partial charge is 0.418 e. The van der Waals surface area contributed by atoms with Crippen LogP contribution in [0.2, 0.25) is 0 Å². The van der Waals surface area contributed by atoms with Crippen LogP contribution in [0.4, 0.5) is 24.5 Å². The molecule has 1 heterocycles. The highest BCUT2D eigenvalue weighted by Crippen LogP contribution is 2.38. The minimum atomic E-state index is -4.58. The lowest BCUT2D eigenvalue weighted by molar-refractivity contribution is -0.137. The van der Waals surface area contributed by atoms with Crippen molar-refractivity contribution in [2.45, 2.75) is 32.9 Å². The lowest BCUT2D eigenvalue weighted by Gasteiger charge is -2.21. The highest BCUT2D eigenvalue weighted by Gasteiger charge is 2.40. The molecule has 1 saturated heterocycles. The van der Waals surface area contributed by atoms with Gasteiger partial charge in [-0.1, -0.05) is 37.3 Å². The van der Waals surface area contributed by atoms with Crippen molar-refractivity contribution < 1.29 is 22.8 Å². The van der Waals surface area contributed by atoms with Crippen LogP contribution < -0.4 is 10.2 Å². The number of hydrogen-bond donors (Lipinski definition) is 1. The van der Waals surface area contributed by atoms with E-state index in [0.29, 0.717) is 5.69 Å². The van der Waals surface area contributed by atoms with Gasteiger partial charge in [-0.2, -0.15) is 13.2 Å². The van der Waals surface area contributed by atoms with Crippen LogP contribution in [-0.4, -0.2) is 18.4 Å². The summed E-state index contributed by atoms with van der Waals surface area (Å²) < 4.78 is 39.8. The first-order valence-corrected chi connectivity index (χ1v) is 9.08. The fourth-order valence-electron chi connectivity index (χ4n) is 3.49. The zero-order valence-electron chi connectivity index (χ0n) is 15.6. The molecule has 0 spiro atoms. The molecular weight excluding hydrogens is 369 g/mol. The summed E-state index contributed by atoms with van der Waals surface area (Å²) in [4.78, 5) is 26.2. The Balaban J connectivity index is 1.82. The van der Waals surface area contributed by atoms with Crippen LogP contribution in [-0.2, 0) is 22.2 Å². The predicted molar refractivity (Wildman–Crippen MR) is 101 cm³/mol. The Morgan fingerprint density at radius 1 is 1.18 bits per heavy atom. The molecule has 0 aliphatic carbocycles. The van der Waals surface area contributed by atoms with E-state index in [-0.39, 0.29) is 24.6 Å². The van der Waals surface area contributed by atoms with Gasteiger partial charge in [0.25, 0.3) is 0 Å². The van der Waals surface area contributed by atoms with Crippen LogP contribution in [0.3, 0.4) is 0 Å². The van der Waals surface area contributed by atoms with Crippen molar-refractivity contribution in [3.63, 3.8) is 0 Å². The number of para-hydroxylation sites is 2. The first-order chi connectivity index (χ1) is 13.2. The number of carbonyl (C=O) groups is 2. The van der Waals surface area contributed by atoms with E-state index in [1.54, 1.807) is 0 Å². The van der Waals surface area contributed by atoms with E-state index >= 15 is 0 Å². The molecule has 148 valence electrons. The monoisotopic (exact) mass is 390 g/mol. The van der Waals surface area contributed by atoms with E-state index in [2.05, 4.69) is 5.32 Å². The Morgan fingerprint density at radius 3 is 2.57 bits per heavy atom. The number of rotatable bonds is 4. The maximum Gasteiger partial charge on any atom is 0.418 e. The third-order valence-corrected chi connectivity index (χ3v) is 4.98. The van der Waals surface area contributed by atoms with Crippen molar-refractivity contribution >= 4 is 23.2 Å². The summed E-state index contributed by atoms with van der Waals surface area (Å²) in [6, 6.07) is 10.6. The molecule has 2 amide bonds. The summed E-state index contributed by atoms with van der Waals surface area (Å²) in [6.07, 6.45) is -3.97. The van der Waals surface area contributed by atoms with Crippen LogP contribution in [0, 0.1) is 12.8 Å². The molecule has 4 nitrogen and oxygen atoms in total. The van der Waals surface area contributed by atoms with E-state index in [1.807, 2.05) is 32.0 Å². The quantitative estimate of drug-likeness (QED) is 0.832. The SMILES string of the molecule is CCc1cccc(C)c1NC(=O)C1CC(=O)N(c2ccccc2C(F)(F)F)C1. The van der Waals surface area contributed by atoms with Gasteiger partial charge in [0.15, 0.2) is 0 Å². The van der Waals surface area contributed by atoms with Gasteiger partial charge in [-0.15, -0.1) is 0 Å². The third kappa shape index (κ3) is 3.88. The highest BCUT2D eigenvalue weighted by molar-refractivity contribution is 6.04. The Labute approximate surface area is 161 Å². The van der Waals surface area contributed by atoms with Crippen molar-refractivity contribution in [1.82, 2.24) is 0 Å². The van der Waals surface area contributed by atoms with Gasteiger partial charge in [0, 0.05) is 18.7 Å². The van der Waals surface area contributed by atoms with Crippen molar-refractivity contribution in [3.05, 3.63) is 59.2 Å². The standard InChI is InChI=1S/C21H21F3N2O2/c1-3-14-8-6-7-13(2)19(14)25-20(28)15-11-18(27)26(12-15)17-10-5-4-9-16(17)21(22,23)24/h4-10,15H,3,11-12H2,1-2H3,(H,25,28). The number of hydrogen-bond acceptors (Lipinski definition) is 2. The van der Waals surface area contributed by atoms with Crippen LogP contribution in [0.5, 0.6) is 0 Å². The topological polar surface area (TPSA) is 49.4 Å². The average Bonchev–Trinajstić information content (AvgIpc) is 3.04. The number of anilines is 2. The van der Waals surface area contributed by atoms with E-state index < -0.39 is 23.6 Å². The van der Waals surface area contributed by atoms with Crippen LogP contribution in [0.1, 0.15) is 30.0 Å². The Kier molecular flexibility index (Phi) is 5.45. The molecule has 1 atom stereocenters. The Bertz CT molecular complexity index is 909. The van der Waals surface area contributed by atoms with Crippen molar-refractivity contribution in [1.29, 1.82) is 0 Å². The van der Waals surface area contributed by atoms with Crippen LogP contribution in [0.25, 0.3) is 0 Å². The lowest BCUT2D eigenvalue weighted by Crippen LogP contribution is -2.30. The molecule has 1 fully saturated rings. The van der Waals surface area contributed by atoms with E-state index in [1.165, 1.54) is 18.2 Å². The first-order valence-electron chi connectivity index (χ1n) is 9.08. The van der Waals surface area contributed by atoms with Gasteiger partial charge in [0.2, 0.25) is 11.8 Å². The maximum absolute atomic E-state index is 13.3. The zero-order valence-corrected chi connectivity index (χ0v) is 15.6. The molecule has 0 saturated carbocycles. The van der Waals surface area contributed by atoms with Crippen molar-refractivity contribution in [2.75, 3.05) is 16.8 Å². The van der Waals surface area contributed by atoms with Crippen molar-refractivity contribution in [2.24, 2.45) is 5.92 Å².